The Bertz CT molecular complexity index is 1210. The summed E-state index contributed by atoms with van der Waals surface area (Å²) < 4.78 is 12.8. The number of rotatable bonds is 12. The molecule has 186 valence electrons. The first-order chi connectivity index (χ1) is 16.9. The van der Waals surface area contributed by atoms with Crippen LogP contribution in [0.2, 0.25) is 5.02 Å². The second-order valence-electron chi connectivity index (χ2n) is 7.39. The number of ether oxygens (including phenoxy) is 2. The summed E-state index contributed by atoms with van der Waals surface area (Å²) in [6, 6.07) is 7.31. The van der Waals surface area contributed by atoms with E-state index in [0.29, 0.717) is 38.9 Å². The number of hydrogen-bond donors (Lipinski definition) is 1. The molecule has 1 N–H and O–H groups in total. The zero-order valence-corrected chi connectivity index (χ0v) is 22.2. The van der Waals surface area contributed by atoms with Crippen molar-refractivity contribution in [2.24, 2.45) is 0 Å². The average Bonchev–Trinajstić information content (AvgIpc) is 3.42. The van der Waals surface area contributed by atoms with Gasteiger partial charge in [-0.25, -0.2) is 4.79 Å². The topological polar surface area (TPSA) is 95.3 Å². The van der Waals surface area contributed by atoms with E-state index in [1.807, 2.05) is 30.5 Å². The molecule has 0 aliphatic rings. The Morgan fingerprint density at radius 2 is 2.09 bits per heavy atom. The highest BCUT2D eigenvalue weighted by Gasteiger charge is 2.20. The van der Waals surface area contributed by atoms with E-state index in [2.05, 4.69) is 22.1 Å². The average molecular weight is 535 g/mol. The molecule has 0 saturated heterocycles. The van der Waals surface area contributed by atoms with Gasteiger partial charge in [0.25, 0.3) is 0 Å². The van der Waals surface area contributed by atoms with E-state index in [1.54, 1.807) is 25.1 Å². The normalized spacial score (nSPS) is 10.7. The number of carbonyl (C=O) groups excluding carboxylic acids is 2. The number of thioether (sulfide) groups is 1. The first-order valence-corrected chi connectivity index (χ1v) is 13.2. The third kappa shape index (κ3) is 7.09. The van der Waals surface area contributed by atoms with Gasteiger partial charge in [-0.2, -0.15) is 0 Å². The molecule has 3 aromatic rings. The number of nitrogens with zero attached hydrogens (tertiary/aromatic N) is 3. The van der Waals surface area contributed by atoms with E-state index in [4.69, 9.17) is 21.1 Å². The van der Waals surface area contributed by atoms with Gasteiger partial charge in [-0.15, -0.1) is 28.1 Å². The lowest BCUT2D eigenvalue weighted by Crippen LogP contribution is -2.16. The van der Waals surface area contributed by atoms with Crippen molar-refractivity contribution in [1.82, 2.24) is 14.8 Å². The van der Waals surface area contributed by atoms with Crippen LogP contribution in [0.1, 0.15) is 40.5 Å². The number of aromatic nitrogens is 3. The minimum Gasteiger partial charge on any atom is -0.484 e. The minimum absolute atomic E-state index is 0.0848. The van der Waals surface area contributed by atoms with Crippen molar-refractivity contribution in [3.63, 3.8) is 0 Å². The summed E-state index contributed by atoms with van der Waals surface area (Å²) in [4.78, 5) is 25.9. The van der Waals surface area contributed by atoms with Crippen LogP contribution in [0, 0.1) is 6.92 Å². The molecule has 11 heteroatoms. The number of aryl methyl sites for hydroxylation is 2. The van der Waals surface area contributed by atoms with E-state index in [-0.39, 0.29) is 24.9 Å². The third-order valence-corrected chi connectivity index (χ3v) is 7.23. The molecule has 0 unspecified atom stereocenters. The van der Waals surface area contributed by atoms with E-state index >= 15 is 0 Å². The molecule has 0 aliphatic heterocycles. The Hall–Kier alpha value is -2.82. The van der Waals surface area contributed by atoms with Gasteiger partial charge < -0.3 is 14.8 Å². The molecule has 3 rings (SSSR count). The number of anilines is 1. The molecular weight excluding hydrogens is 508 g/mol. The van der Waals surface area contributed by atoms with Crippen molar-refractivity contribution in [2.75, 3.05) is 17.7 Å². The number of halogens is 1. The fourth-order valence-electron chi connectivity index (χ4n) is 3.07. The SMILES string of the molecule is C=CCn1c(COc2cc(C)ccc2Cl)nnc1SCC(=O)Nc1sc(CC)cc1C(=O)OCC. The van der Waals surface area contributed by atoms with Crippen molar-refractivity contribution < 1.29 is 19.1 Å². The van der Waals surface area contributed by atoms with Crippen molar-refractivity contribution in [3.8, 4) is 5.75 Å². The summed E-state index contributed by atoms with van der Waals surface area (Å²) in [6.07, 6.45) is 2.48. The van der Waals surface area contributed by atoms with Gasteiger partial charge in [0, 0.05) is 11.4 Å². The number of hydrogen-bond acceptors (Lipinski definition) is 8. The molecule has 8 nitrogen and oxygen atoms in total. The maximum Gasteiger partial charge on any atom is 0.341 e. The Morgan fingerprint density at radius 3 is 2.80 bits per heavy atom. The van der Waals surface area contributed by atoms with Gasteiger partial charge in [0.2, 0.25) is 5.91 Å². The number of nitrogens with one attached hydrogen (secondary N) is 1. The summed E-state index contributed by atoms with van der Waals surface area (Å²) in [5.41, 5.74) is 1.40. The molecule has 0 radical (unpaired) electrons. The van der Waals surface area contributed by atoms with Crippen molar-refractivity contribution in [1.29, 1.82) is 0 Å². The Balaban J connectivity index is 1.66. The minimum atomic E-state index is -0.449. The summed E-state index contributed by atoms with van der Waals surface area (Å²) in [7, 11) is 0. The summed E-state index contributed by atoms with van der Waals surface area (Å²) in [5, 5.41) is 12.8. The standard InChI is InChI=1S/C24H27ClN4O4S2/c1-5-10-29-20(13-33-19-11-15(4)8-9-18(19)25)27-28-24(29)34-14-21(30)26-22-17(23(31)32-7-3)12-16(6-2)35-22/h5,8-9,11-12H,1,6-7,10,13-14H2,2-4H3,(H,26,30). The lowest BCUT2D eigenvalue weighted by molar-refractivity contribution is -0.113. The van der Waals surface area contributed by atoms with Crippen LogP contribution >= 0.6 is 34.7 Å². The number of carbonyl (C=O) groups is 2. The lowest BCUT2D eigenvalue weighted by Gasteiger charge is -2.11. The molecule has 0 fully saturated rings. The van der Waals surface area contributed by atoms with Gasteiger partial charge in [0.1, 0.15) is 17.4 Å². The van der Waals surface area contributed by atoms with Gasteiger partial charge >= 0.3 is 5.97 Å². The molecule has 2 aromatic heterocycles. The lowest BCUT2D eigenvalue weighted by atomic mass is 10.2. The third-order valence-electron chi connectivity index (χ3n) is 4.76. The van der Waals surface area contributed by atoms with Gasteiger partial charge in [-0.3, -0.25) is 9.36 Å². The molecule has 35 heavy (non-hydrogen) atoms. The molecule has 0 spiro atoms. The molecule has 0 bridgehead atoms. The summed E-state index contributed by atoms with van der Waals surface area (Å²) >= 11 is 8.82. The van der Waals surface area contributed by atoms with Crippen LogP contribution in [0.4, 0.5) is 5.00 Å². The van der Waals surface area contributed by atoms with Gasteiger partial charge in [0.05, 0.1) is 22.9 Å². The Labute approximate surface area is 217 Å². The highest BCUT2D eigenvalue weighted by Crippen LogP contribution is 2.30. The van der Waals surface area contributed by atoms with Crippen molar-refractivity contribution in [3.05, 3.63) is 63.8 Å². The van der Waals surface area contributed by atoms with E-state index in [9.17, 15) is 9.59 Å². The first-order valence-electron chi connectivity index (χ1n) is 11.0. The fraction of sp³-hybridized carbons (Fsp3) is 0.333. The maximum atomic E-state index is 12.7. The van der Waals surface area contributed by atoms with E-state index < -0.39 is 5.97 Å². The molecule has 1 amide bonds. The predicted molar refractivity (Wildman–Crippen MR) is 140 cm³/mol. The van der Waals surface area contributed by atoms with Gasteiger partial charge in [-0.05, 0) is 44.0 Å². The number of benzene rings is 1. The van der Waals surface area contributed by atoms with Gasteiger partial charge in [-0.1, -0.05) is 42.4 Å². The number of thiophene rings is 1. The van der Waals surface area contributed by atoms with Crippen LogP contribution in [0.15, 0.2) is 42.1 Å². The monoisotopic (exact) mass is 534 g/mol. The quantitative estimate of drug-likeness (QED) is 0.185. The second kappa shape index (κ2) is 12.8. The Morgan fingerprint density at radius 1 is 1.29 bits per heavy atom. The molecule has 0 saturated carbocycles. The highest BCUT2D eigenvalue weighted by atomic mass is 35.5. The molecule has 2 heterocycles. The first kappa shape index (κ1) is 26.8. The second-order valence-corrected chi connectivity index (χ2v) is 9.87. The highest BCUT2D eigenvalue weighted by molar-refractivity contribution is 7.99. The van der Waals surface area contributed by atoms with Crippen LogP contribution in [0.3, 0.4) is 0 Å². The largest absolute Gasteiger partial charge is 0.484 e. The molecular formula is C24H27ClN4O4S2. The van der Waals surface area contributed by atoms with Crippen LogP contribution in [0.5, 0.6) is 5.75 Å². The maximum absolute atomic E-state index is 12.7. The smallest absolute Gasteiger partial charge is 0.341 e. The molecule has 1 aromatic carbocycles. The number of esters is 1. The number of amides is 1. The van der Waals surface area contributed by atoms with Crippen LogP contribution in [0.25, 0.3) is 0 Å². The van der Waals surface area contributed by atoms with Crippen LogP contribution in [-0.4, -0.2) is 39.0 Å². The van der Waals surface area contributed by atoms with Crippen LogP contribution in [-0.2, 0) is 29.1 Å². The van der Waals surface area contributed by atoms with Gasteiger partial charge in [0.15, 0.2) is 11.0 Å². The zero-order valence-electron chi connectivity index (χ0n) is 19.8. The number of allylic oxidation sites excluding steroid dienone is 1. The van der Waals surface area contributed by atoms with Crippen molar-refractivity contribution in [2.45, 2.75) is 45.5 Å². The Kier molecular flexibility index (Phi) is 9.76. The fourth-order valence-corrected chi connectivity index (χ4v) is 5.01. The van der Waals surface area contributed by atoms with Crippen LogP contribution < -0.4 is 10.1 Å². The van der Waals surface area contributed by atoms with Crippen molar-refractivity contribution >= 4 is 51.6 Å². The van der Waals surface area contributed by atoms with E-state index in [0.717, 1.165) is 16.9 Å². The molecule has 0 aliphatic carbocycles. The van der Waals surface area contributed by atoms with E-state index in [1.165, 1.54) is 23.1 Å². The predicted octanol–water partition coefficient (Wildman–Crippen LogP) is 5.54. The molecule has 0 atom stereocenters. The summed E-state index contributed by atoms with van der Waals surface area (Å²) in [5.74, 6) is 0.522. The zero-order chi connectivity index (χ0) is 25.4. The summed E-state index contributed by atoms with van der Waals surface area (Å²) in [6.45, 7) is 10.4.